The Kier molecular flexibility index (Phi) is 5.99. The van der Waals surface area contributed by atoms with Crippen LogP contribution in [0.3, 0.4) is 0 Å². The summed E-state index contributed by atoms with van der Waals surface area (Å²) in [4.78, 5) is 15.3. The predicted molar refractivity (Wildman–Crippen MR) is 218 cm³/mol. The van der Waals surface area contributed by atoms with E-state index in [1.807, 2.05) is 72.8 Å². The van der Waals surface area contributed by atoms with Crippen LogP contribution in [0.15, 0.2) is 173 Å². The maximum Gasteiger partial charge on any atom is 0.164 e. The summed E-state index contributed by atoms with van der Waals surface area (Å²) < 4.78 is 12.7. The number of nitrogens with zero attached hydrogens (tertiary/aromatic N) is 3. The highest BCUT2D eigenvalue weighted by molar-refractivity contribution is 6.19. The molecule has 5 heteroatoms. The third-order valence-corrected chi connectivity index (χ3v) is 10.9. The highest BCUT2D eigenvalue weighted by Gasteiger charge is 2.23. The zero-order valence-corrected chi connectivity index (χ0v) is 28.7. The van der Waals surface area contributed by atoms with Crippen LogP contribution in [-0.4, -0.2) is 15.0 Å². The van der Waals surface area contributed by atoms with Crippen molar-refractivity contribution in [3.63, 3.8) is 0 Å². The summed E-state index contributed by atoms with van der Waals surface area (Å²) in [5, 5.41) is 6.61. The Labute approximate surface area is 308 Å². The summed E-state index contributed by atoms with van der Waals surface area (Å²) >= 11 is 0. The van der Waals surface area contributed by atoms with Crippen LogP contribution in [0.1, 0.15) is 0 Å². The van der Waals surface area contributed by atoms with Gasteiger partial charge in [-0.3, -0.25) is 0 Å². The van der Waals surface area contributed by atoms with Crippen LogP contribution < -0.4 is 0 Å². The van der Waals surface area contributed by atoms with Gasteiger partial charge in [0.05, 0.1) is 0 Å². The summed E-state index contributed by atoms with van der Waals surface area (Å²) in [6.45, 7) is 0. The monoisotopic (exact) mass is 689 g/mol. The number of aromatic nitrogens is 3. The summed E-state index contributed by atoms with van der Waals surface area (Å²) in [5.41, 5.74) is 13.4. The maximum atomic E-state index is 6.51. The quantitative estimate of drug-likeness (QED) is 0.184. The lowest BCUT2D eigenvalue weighted by Crippen LogP contribution is -2.00. The van der Waals surface area contributed by atoms with Gasteiger partial charge in [0.2, 0.25) is 0 Å². The second-order valence-corrected chi connectivity index (χ2v) is 13.9. The standard InChI is InChI=1S/C49H27N3O2/c1-2-10-28(11-3-1)47-50-48(30-21-25-42-39(27-30)34-14-6-7-18-41(34)53-42)52-49(51-47)38-17-9-19-44-46(38)40-26-29(20-24-43(40)54-44)31-22-23-37-33-13-5-4-12-32(33)36-16-8-15-35(31)45(36)37/h1-27H. The van der Waals surface area contributed by atoms with Gasteiger partial charge >= 0.3 is 0 Å². The number of rotatable bonds is 4. The van der Waals surface area contributed by atoms with Gasteiger partial charge in [0, 0.05) is 38.2 Å². The van der Waals surface area contributed by atoms with Crippen molar-refractivity contribution in [1.29, 1.82) is 0 Å². The van der Waals surface area contributed by atoms with Crippen molar-refractivity contribution in [3.05, 3.63) is 164 Å². The molecular formula is C49H27N3O2. The molecule has 0 fully saturated rings. The van der Waals surface area contributed by atoms with Crippen LogP contribution in [0.5, 0.6) is 0 Å². The molecule has 0 saturated heterocycles. The van der Waals surface area contributed by atoms with E-state index in [-0.39, 0.29) is 0 Å². The van der Waals surface area contributed by atoms with Crippen LogP contribution in [0.4, 0.5) is 0 Å². The number of benzene rings is 8. The Morgan fingerprint density at radius 1 is 0.278 bits per heavy atom. The smallest absolute Gasteiger partial charge is 0.164 e. The molecule has 0 unspecified atom stereocenters. The lowest BCUT2D eigenvalue weighted by molar-refractivity contribution is 0.668. The SMILES string of the molecule is c1ccc(-c2nc(-c3ccc4oc5ccccc5c4c3)nc(-c3cccc4oc5ccc(-c6ccc7c8c(cccc68)-c6ccccc6-7)cc5c34)n2)cc1. The van der Waals surface area contributed by atoms with Crippen molar-refractivity contribution < 1.29 is 8.83 Å². The molecule has 0 bridgehead atoms. The molecule has 0 spiro atoms. The molecule has 5 nitrogen and oxygen atoms in total. The van der Waals surface area contributed by atoms with Gasteiger partial charge in [-0.25, -0.2) is 15.0 Å². The van der Waals surface area contributed by atoms with Crippen molar-refractivity contribution in [2.45, 2.75) is 0 Å². The molecule has 0 N–H and O–H groups in total. The van der Waals surface area contributed by atoms with Crippen LogP contribution in [0, 0.1) is 0 Å². The highest BCUT2D eigenvalue weighted by atomic mass is 16.3. The Morgan fingerprint density at radius 2 is 0.833 bits per heavy atom. The van der Waals surface area contributed by atoms with E-state index >= 15 is 0 Å². The average Bonchev–Trinajstić information content (AvgIpc) is 3.91. The average molecular weight is 690 g/mol. The van der Waals surface area contributed by atoms with Gasteiger partial charge < -0.3 is 8.83 Å². The molecular weight excluding hydrogens is 663 g/mol. The molecule has 1 aliphatic carbocycles. The van der Waals surface area contributed by atoms with E-state index in [4.69, 9.17) is 23.8 Å². The van der Waals surface area contributed by atoms with Gasteiger partial charge in [0.1, 0.15) is 22.3 Å². The second-order valence-electron chi connectivity index (χ2n) is 13.9. The summed E-state index contributed by atoms with van der Waals surface area (Å²) in [6.07, 6.45) is 0. The summed E-state index contributed by atoms with van der Waals surface area (Å²) in [6, 6.07) is 56.8. The lowest BCUT2D eigenvalue weighted by atomic mass is 9.93. The maximum absolute atomic E-state index is 6.51. The minimum absolute atomic E-state index is 0.581. The third-order valence-electron chi connectivity index (χ3n) is 10.9. The topological polar surface area (TPSA) is 65.0 Å². The molecule has 8 aromatic carbocycles. The molecule has 0 atom stereocenters. The first-order valence-corrected chi connectivity index (χ1v) is 18.1. The lowest BCUT2D eigenvalue weighted by Gasteiger charge is -2.11. The van der Waals surface area contributed by atoms with Gasteiger partial charge in [-0.05, 0) is 86.6 Å². The second kappa shape index (κ2) is 11.1. The van der Waals surface area contributed by atoms with E-state index < -0.39 is 0 Å². The Morgan fingerprint density at radius 3 is 1.70 bits per heavy atom. The predicted octanol–water partition coefficient (Wildman–Crippen LogP) is 13.1. The Bertz CT molecular complexity index is 3310. The van der Waals surface area contributed by atoms with E-state index in [1.54, 1.807) is 0 Å². The van der Waals surface area contributed by atoms with E-state index in [1.165, 1.54) is 38.6 Å². The van der Waals surface area contributed by atoms with E-state index in [9.17, 15) is 0 Å². The zero-order valence-electron chi connectivity index (χ0n) is 28.7. The fraction of sp³-hybridized carbons (Fsp3) is 0. The van der Waals surface area contributed by atoms with Gasteiger partial charge in [0.25, 0.3) is 0 Å². The van der Waals surface area contributed by atoms with Gasteiger partial charge in [0.15, 0.2) is 17.5 Å². The van der Waals surface area contributed by atoms with Gasteiger partial charge in [-0.1, -0.05) is 121 Å². The molecule has 3 heterocycles. The van der Waals surface area contributed by atoms with Crippen LogP contribution in [0.25, 0.3) is 122 Å². The molecule has 0 radical (unpaired) electrons. The number of para-hydroxylation sites is 1. The fourth-order valence-electron chi connectivity index (χ4n) is 8.45. The fourth-order valence-corrected chi connectivity index (χ4v) is 8.45. The van der Waals surface area contributed by atoms with Crippen molar-refractivity contribution in [1.82, 2.24) is 15.0 Å². The van der Waals surface area contributed by atoms with Crippen LogP contribution in [0.2, 0.25) is 0 Å². The number of hydrogen-bond donors (Lipinski definition) is 0. The summed E-state index contributed by atoms with van der Waals surface area (Å²) in [5.74, 6) is 1.77. The molecule has 0 aliphatic heterocycles. The molecule has 0 amide bonds. The normalized spacial score (nSPS) is 12.1. The largest absolute Gasteiger partial charge is 0.456 e. The van der Waals surface area contributed by atoms with E-state index in [2.05, 4.69) is 91.0 Å². The van der Waals surface area contributed by atoms with Crippen LogP contribution >= 0.6 is 0 Å². The van der Waals surface area contributed by atoms with Crippen molar-refractivity contribution in [2.24, 2.45) is 0 Å². The number of fused-ring (bicyclic) bond motifs is 9. The molecule has 3 aromatic heterocycles. The first-order chi connectivity index (χ1) is 26.7. The molecule has 54 heavy (non-hydrogen) atoms. The number of furan rings is 2. The summed E-state index contributed by atoms with van der Waals surface area (Å²) in [7, 11) is 0. The van der Waals surface area contributed by atoms with E-state index in [0.29, 0.717) is 17.5 Å². The Hall–Kier alpha value is -7.37. The van der Waals surface area contributed by atoms with Crippen molar-refractivity contribution in [3.8, 4) is 67.5 Å². The molecule has 12 rings (SSSR count). The third kappa shape index (κ3) is 4.24. The van der Waals surface area contributed by atoms with Gasteiger partial charge in [-0.2, -0.15) is 0 Å². The van der Waals surface area contributed by atoms with Gasteiger partial charge in [-0.15, -0.1) is 0 Å². The highest BCUT2D eigenvalue weighted by Crippen LogP contribution is 2.49. The van der Waals surface area contributed by atoms with Crippen LogP contribution in [-0.2, 0) is 0 Å². The zero-order chi connectivity index (χ0) is 35.3. The first kappa shape index (κ1) is 29.2. The van der Waals surface area contributed by atoms with Crippen molar-refractivity contribution >= 4 is 54.6 Å². The molecule has 0 saturated carbocycles. The molecule has 250 valence electrons. The first-order valence-electron chi connectivity index (χ1n) is 18.1. The molecule has 11 aromatic rings. The van der Waals surface area contributed by atoms with Crippen molar-refractivity contribution in [2.75, 3.05) is 0 Å². The Balaban J connectivity index is 1.06. The molecule has 1 aliphatic rings. The van der Waals surface area contributed by atoms with E-state index in [0.717, 1.165) is 66.1 Å². The number of hydrogen-bond acceptors (Lipinski definition) is 5. The minimum Gasteiger partial charge on any atom is -0.456 e. The minimum atomic E-state index is 0.581.